The summed E-state index contributed by atoms with van der Waals surface area (Å²) in [5.74, 6) is -2.26. The molecule has 1 atom stereocenters. The normalized spacial score (nSPS) is 11.4. The maximum atomic E-state index is 11.8. The molecule has 0 saturated carbocycles. The first-order valence-electron chi connectivity index (χ1n) is 6.39. The van der Waals surface area contributed by atoms with E-state index >= 15 is 0 Å². The van der Waals surface area contributed by atoms with Crippen LogP contribution in [-0.2, 0) is 9.59 Å². The minimum absolute atomic E-state index is 0.0918. The van der Waals surface area contributed by atoms with Crippen molar-refractivity contribution in [2.24, 2.45) is 5.73 Å². The molecule has 23 heavy (non-hydrogen) atoms. The predicted octanol–water partition coefficient (Wildman–Crippen LogP) is 0.709. The van der Waals surface area contributed by atoms with Gasteiger partial charge in [-0.15, -0.1) is 0 Å². The van der Waals surface area contributed by atoms with Gasteiger partial charge in [-0.1, -0.05) is 0 Å². The summed E-state index contributed by atoms with van der Waals surface area (Å²) in [7, 11) is 2.61. The Labute approximate surface area is 130 Å². The highest BCUT2D eigenvalue weighted by atomic mass is 16.6. The summed E-state index contributed by atoms with van der Waals surface area (Å²) in [4.78, 5) is 32.6. The summed E-state index contributed by atoms with van der Waals surface area (Å²) in [6.07, 6.45) is -0.487. The van der Waals surface area contributed by atoms with Crippen LogP contribution in [0.25, 0.3) is 0 Å². The van der Waals surface area contributed by atoms with E-state index in [-0.39, 0.29) is 30.1 Å². The highest BCUT2D eigenvalue weighted by Gasteiger charge is 2.25. The van der Waals surface area contributed by atoms with Gasteiger partial charge < -0.3 is 25.1 Å². The number of nitrogens with zero attached hydrogens (tertiary/aromatic N) is 1. The molecular weight excluding hydrogens is 312 g/mol. The maximum Gasteiger partial charge on any atom is 0.328 e. The number of carboxylic acid groups (broad SMARTS) is 1. The van der Waals surface area contributed by atoms with Crippen LogP contribution in [0.2, 0.25) is 0 Å². The molecule has 0 radical (unpaired) electrons. The van der Waals surface area contributed by atoms with Gasteiger partial charge in [0.2, 0.25) is 5.75 Å². The summed E-state index contributed by atoms with van der Waals surface area (Å²) in [6, 6.07) is 0.946. The van der Waals surface area contributed by atoms with Gasteiger partial charge in [0.05, 0.1) is 25.2 Å². The minimum Gasteiger partial charge on any atom is -0.493 e. The number of nitrogens with two attached hydrogens (primary N) is 1. The molecule has 1 aromatic carbocycles. The SMILES string of the molecule is COc1cc(OC(=O)[C@@H](N)CCC(=O)O)c([N+](=O)[O-])cc1OC. The Bertz CT molecular complexity index is 616. The average molecular weight is 328 g/mol. The number of rotatable bonds is 8. The number of methoxy groups -OCH3 is 2. The number of nitro benzene ring substituents is 1. The van der Waals surface area contributed by atoms with Gasteiger partial charge in [0.1, 0.15) is 6.04 Å². The molecular formula is C13H16N2O8. The molecule has 10 heteroatoms. The van der Waals surface area contributed by atoms with Gasteiger partial charge >= 0.3 is 17.6 Å². The number of carboxylic acids is 1. The van der Waals surface area contributed by atoms with E-state index in [9.17, 15) is 19.7 Å². The Balaban J connectivity index is 3.04. The standard InChI is InChI=1S/C13H16N2O8/c1-21-10-5-8(15(19)20)9(6-11(10)22-2)23-13(18)7(14)3-4-12(16)17/h5-7H,3-4,14H2,1-2H3,(H,16,17)/t7-/m0/s1. The Hall–Kier alpha value is -2.88. The van der Waals surface area contributed by atoms with Gasteiger partial charge in [-0.05, 0) is 6.42 Å². The molecule has 0 spiro atoms. The van der Waals surface area contributed by atoms with Gasteiger partial charge in [0, 0.05) is 12.5 Å². The third-order valence-electron chi connectivity index (χ3n) is 2.84. The topological polar surface area (TPSA) is 151 Å². The van der Waals surface area contributed by atoms with Crippen molar-refractivity contribution in [2.75, 3.05) is 14.2 Å². The van der Waals surface area contributed by atoms with Crippen molar-refractivity contribution in [1.82, 2.24) is 0 Å². The molecule has 0 heterocycles. The van der Waals surface area contributed by atoms with E-state index in [2.05, 4.69) is 0 Å². The second kappa shape index (κ2) is 7.94. The second-order valence-electron chi connectivity index (χ2n) is 4.39. The molecule has 126 valence electrons. The number of nitro groups is 1. The van der Waals surface area contributed by atoms with Gasteiger partial charge in [-0.3, -0.25) is 14.9 Å². The van der Waals surface area contributed by atoms with Crippen molar-refractivity contribution in [3.63, 3.8) is 0 Å². The van der Waals surface area contributed by atoms with Crippen molar-refractivity contribution in [2.45, 2.75) is 18.9 Å². The molecule has 0 bridgehead atoms. The second-order valence-corrected chi connectivity index (χ2v) is 4.39. The number of carbonyl (C=O) groups excluding carboxylic acids is 1. The predicted molar refractivity (Wildman–Crippen MR) is 76.7 cm³/mol. The number of hydrogen-bond acceptors (Lipinski definition) is 8. The highest BCUT2D eigenvalue weighted by Crippen LogP contribution is 2.39. The molecule has 0 aromatic heterocycles. The molecule has 0 aliphatic rings. The fraction of sp³-hybridized carbons (Fsp3) is 0.385. The number of ether oxygens (including phenoxy) is 3. The number of carbonyl (C=O) groups is 2. The lowest BCUT2D eigenvalue weighted by atomic mass is 10.2. The van der Waals surface area contributed by atoms with Crippen LogP contribution >= 0.6 is 0 Å². The Kier molecular flexibility index (Phi) is 6.27. The summed E-state index contributed by atoms with van der Waals surface area (Å²) < 4.78 is 14.8. The maximum absolute atomic E-state index is 11.8. The zero-order valence-electron chi connectivity index (χ0n) is 12.5. The molecule has 0 aliphatic carbocycles. The van der Waals surface area contributed by atoms with Gasteiger partial charge in [0.25, 0.3) is 0 Å². The molecule has 10 nitrogen and oxygen atoms in total. The first kappa shape index (κ1) is 18.2. The highest BCUT2D eigenvalue weighted by molar-refractivity contribution is 5.80. The van der Waals surface area contributed by atoms with Crippen molar-refractivity contribution >= 4 is 17.6 Å². The lowest BCUT2D eigenvalue weighted by Crippen LogP contribution is -2.34. The smallest absolute Gasteiger partial charge is 0.328 e. The van der Waals surface area contributed by atoms with Crippen LogP contribution in [-0.4, -0.2) is 42.2 Å². The molecule has 0 saturated heterocycles. The largest absolute Gasteiger partial charge is 0.493 e. The number of esters is 1. The van der Waals surface area contributed by atoms with Crippen LogP contribution in [0.3, 0.4) is 0 Å². The first-order valence-corrected chi connectivity index (χ1v) is 6.39. The van der Waals surface area contributed by atoms with E-state index in [1.54, 1.807) is 0 Å². The van der Waals surface area contributed by atoms with Gasteiger partial charge in [-0.2, -0.15) is 0 Å². The summed E-state index contributed by atoms with van der Waals surface area (Å²) >= 11 is 0. The van der Waals surface area contributed by atoms with Crippen LogP contribution in [0.5, 0.6) is 17.2 Å². The van der Waals surface area contributed by atoms with E-state index in [1.165, 1.54) is 14.2 Å². The zero-order chi connectivity index (χ0) is 17.6. The van der Waals surface area contributed by atoms with Crippen LogP contribution in [0.4, 0.5) is 5.69 Å². The molecule has 0 unspecified atom stereocenters. The Morgan fingerprint density at radius 1 is 1.26 bits per heavy atom. The number of hydrogen-bond donors (Lipinski definition) is 2. The number of aliphatic carboxylic acids is 1. The molecule has 0 aliphatic heterocycles. The van der Waals surface area contributed by atoms with Crippen LogP contribution < -0.4 is 19.9 Å². The quantitative estimate of drug-likeness (QED) is 0.304. The Morgan fingerprint density at radius 2 is 1.83 bits per heavy atom. The van der Waals surface area contributed by atoms with E-state index in [0.29, 0.717) is 0 Å². The summed E-state index contributed by atoms with van der Waals surface area (Å²) in [6.45, 7) is 0. The van der Waals surface area contributed by atoms with E-state index in [4.69, 9.17) is 25.1 Å². The lowest BCUT2D eigenvalue weighted by molar-refractivity contribution is -0.385. The monoisotopic (exact) mass is 328 g/mol. The van der Waals surface area contributed by atoms with Crippen LogP contribution in [0.15, 0.2) is 12.1 Å². The third kappa shape index (κ3) is 4.81. The minimum atomic E-state index is -1.22. The summed E-state index contributed by atoms with van der Waals surface area (Å²) in [5, 5.41) is 19.6. The molecule has 0 amide bonds. The van der Waals surface area contributed by atoms with Crippen LogP contribution in [0.1, 0.15) is 12.8 Å². The fourth-order valence-corrected chi connectivity index (χ4v) is 1.65. The number of benzene rings is 1. The van der Waals surface area contributed by atoms with Crippen molar-refractivity contribution in [3.8, 4) is 17.2 Å². The van der Waals surface area contributed by atoms with Crippen molar-refractivity contribution in [3.05, 3.63) is 22.2 Å². The Morgan fingerprint density at radius 3 is 2.30 bits per heavy atom. The molecule has 1 aromatic rings. The average Bonchev–Trinajstić information content (AvgIpc) is 2.51. The van der Waals surface area contributed by atoms with Crippen LogP contribution in [0, 0.1) is 10.1 Å². The van der Waals surface area contributed by atoms with E-state index in [0.717, 1.165) is 12.1 Å². The van der Waals surface area contributed by atoms with Crippen molar-refractivity contribution in [1.29, 1.82) is 0 Å². The van der Waals surface area contributed by atoms with Crippen molar-refractivity contribution < 1.29 is 33.8 Å². The first-order chi connectivity index (χ1) is 10.8. The van der Waals surface area contributed by atoms with E-state index < -0.39 is 28.6 Å². The summed E-state index contributed by atoms with van der Waals surface area (Å²) in [5.41, 5.74) is 4.99. The van der Waals surface area contributed by atoms with Gasteiger partial charge in [-0.25, -0.2) is 4.79 Å². The lowest BCUT2D eigenvalue weighted by Gasteiger charge is -2.13. The molecule has 1 rings (SSSR count). The third-order valence-corrected chi connectivity index (χ3v) is 2.84. The zero-order valence-corrected chi connectivity index (χ0v) is 12.5. The fourth-order valence-electron chi connectivity index (χ4n) is 1.65. The van der Waals surface area contributed by atoms with Gasteiger partial charge in [0.15, 0.2) is 11.5 Å². The molecule has 0 fully saturated rings. The molecule has 3 N–H and O–H groups in total. The van der Waals surface area contributed by atoms with E-state index in [1.807, 2.05) is 0 Å².